The third-order valence-corrected chi connectivity index (χ3v) is 2.10. The third-order valence-electron chi connectivity index (χ3n) is 1.84. The first-order chi connectivity index (χ1) is 8.39. The minimum atomic E-state index is 0. The van der Waals surface area contributed by atoms with E-state index in [0.717, 1.165) is 5.02 Å². The number of rotatable bonds is 0. The third kappa shape index (κ3) is 10.3. The molecule has 0 aliphatic carbocycles. The molecule has 18 heavy (non-hydrogen) atoms. The first-order valence-electron chi connectivity index (χ1n) is 5.43. The van der Waals surface area contributed by atoms with Crippen LogP contribution in [-0.2, 0) is 26.2 Å². The fourth-order valence-corrected chi connectivity index (χ4v) is 1.20. The van der Waals surface area contributed by atoms with Crippen LogP contribution in [0.1, 0.15) is 0 Å². The molecule has 0 atom stereocenters. The number of halogens is 1. The summed E-state index contributed by atoms with van der Waals surface area (Å²) >= 11 is 5.54. The number of benzene rings is 1. The van der Waals surface area contributed by atoms with Gasteiger partial charge in [-0.25, -0.2) is 24.3 Å². The van der Waals surface area contributed by atoms with Gasteiger partial charge in [0, 0.05) is 5.02 Å². The van der Waals surface area contributed by atoms with Crippen LogP contribution in [0.4, 0.5) is 0 Å². The first-order valence-corrected chi connectivity index (χ1v) is 5.81. The van der Waals surface area contributed by atoms with E-state index >= 15 is 0 Å². The maximum atomic E-state index is 5.54. The van der Waals surface area contributed by atoms with Gasteiger partial charge in [0.25, 0.3) is 0 Å². The van der Waals surface area contributed by atoms with Gasteiger partial charge in [-0.15, -0.1) is 0 Å². The SMILES string of the molecule is Clc1ccccc1.[Zr+2].c1cc[cH-]c1.c1cc[cH-]c1. The molecule has 0 aromatic heterocycles. The molecule has 3 rings (SSSR count). The van der Waals surface area contributed by atoms with Crippen molar-refractivity contribution in [1.29, 1.82) is 0 Å². The van der Waals surface area contributed by atoms with Crippen molar-refractivity contribution in [2.24, 2.45) is 0 Å². The molecule has 0 nitrogen and oxygen atoms in total. The number of hydrogen-bond acceptors (Lipinski definition) is 0. The zero-order valence-corrected chi connectivity index (χ0v) is 13.3. The topological polar surface area (TPSA) is 0 Å². The Balaban J connectivity index is 0.000000239. The zero-order chi connectivity index (χ0) is 12.2. The van der Waals surface area contributed by atoms with Gasteiger partial charge >= 0.3 is 26.2 Å². The van der Waals surface area contributed by atoms with E-state index in [9.17, 15) is 0 Å². The summed E-state index contributed by atoms with van der Waals surface area (Å²) in [6.07, 6.45) is 0. The van der Waals surface area contributed by atoms with Gasteiger partial charge in [-0.3, -0.25) is 0 Å². The summed E-state index contributed by atoms with van der Waals surface area (Å²) in [5, 5.41) is 0.794. The van der Waals surface area contributed by atoms with Gasteiger partial charge in [0.05, 0.1) is 0 Å². The summed E-state index contributed by atoms with van der Waals surface area (Å²) in [6, 6.07) is 29.4. The Morgan fingerprint density at radius 1 is 0.611 bits per heavy atom. The van der Waals surface area contributed by atoms with Crippen LogP contribution in [0.5, 0.6) is 0 Å². The van der Waals surface area contributed by atoms with E-state index in [4.69, 9.17) is 11.6 Å². The second-order valence-electron chi connectivity index (χ2n) is 3.22. The molecule has 0 saturated carbocycles. The van der Waals surface area contributed by atoms with Crippen LogP contribution in [-0.4, -0.2) is 0 Å². The molecule has 0 N–H and O–H groups in total. The molecule has 0 aliphatic heterocycles. The van der Waals surface area contributed by atoms with Crippen LogP contribution < -0.4 is 0 Å². The largest absolute Gasteiger partial charge is 2.00 e. The average Bonchev–Trinajstić information content (AvgIpc) is 3.09. The summed E-state index contributed by atoms with van der Waals surface area (Å²) in [5.41, 5.74) is 0. The Morgan fingerprint density at radius 2 is 1.00 bits per heavy atom. The fraction of sp³-hybridized carbons (Fsp3) is 0. The van der Waals surface area contributed by atoms with E-state index in [2.05, 4.69) is 0 Å². The average molecular weight is 334 g/mol. The van der Waals surface area contributed by atoms with Gasteiger partial charge in [0.15, 0.2) is 0 Å². The van der Waals surface area contributed by atoms with E-state index < -0.39 is 0 Å². The first kappa shape index (κ1) is 17.1. The van der Waals surface area contributed by atoms with Crippen molar-refractivity contribution < 1.29 is 26.2 Å². The maximum Gasteiger partial charge on any atom is 2.00 e. The van der Waals surface area contributed by atoms with Crippen molar-refractivity contribution in [3.05, 3.63) is 96.0 Å². The van der Waals surface area contributed by atoms with Crippen molar-refractivity contribution in [2.75, 3.05) is 0 Å². The van der Waals surface area contributed by atoms with Crippen molar-refractivity contribution in [3.63, 3.8) is 0 Å². The second kappa shape index (κ2) is 12.5. The Hall–Kier alpha value is -0.907. The summed E-state index contributed by atoms with van der Waals surface area (Å²) in [6.45, 7) is 0. The second-order valence-corrected chi connectivity index (χ2v) is 3.66. The van der Waals surface area contributed by atoms with Crippen LogP contribution in [0.3, 0.4) is 0 Å². The van der Waals surface area contributed by atoms with Gasteiger partial charge in [0.2, 0.25) is 0 Å². The van der Waals surface area contributed by atoms with Gasteiger partial charge in [0.1, 0.15) is 0 Å². The molecular weight excluding hydrogens is 319 g/mol. The Morgan fingerprint density at radius 3 is 1.17 bits per heavy atom. The zero-order valence-electron chi connectivity index (χ0n) is 10.0. The molecule has 3 aromatic rings. The quantitative estimate of drug-likeness (QED) is 0.499. The summed E-state index contributed by atoms with van der Waals surface area (Å²) in [7, 11) is 0. The molecule has 90 valence electrons. The minimum Gasteiger partial charge on any atom is -0.214 e. The van der Waals surface area contributed by atoms with Gasteiger partial charge in [-0.05, 0) is 12.1 Å². The molecule has 0 bridgehead atoms. The van der Waals surface area contributed by atoms with Crippen LogP contribution in [0.2, 0.25) is 5.02 Å². The van der Waals surface area contributed by atoms with Gasteiger partial charge in [-0.1, -0.05) is 29.8 Å². The van der Waals surface area contributed by atoms with Crippen LogP contribution in [0, 0.1) is 0 Å². The van der Waals surface area contributed by atoms with E-state index in [1.807, 2.05) is 91.0 Å². The molecule has 0 aliphatic rings. The minimum absolute atomic E-state index is 0. The Labute approximate surface area is 133 Å². The Kier molecular flexibility index (Phi) is 11.9. The smallest absolute Gasteiger partial charge is 0.214 e. The molecule has 0 saturated heterocycles. The van der Waals surface area contributed by atoms with Crippen LogP contribution >= 0.6 is 11.6 Å². The molecular formula is C16H15ClZr. The van der Waals surface area contributed by atoms with E-state index in [0.29, 0.717) is 0 Å². The van der Waals surface area contributed by atoms with Crippen LogP contribution in [0.15, 0.2) is 91.0 Å². The molecule has 3 aromatic carbocycles. The molecule has 0 unspecified atom stereocenters. The van der Waals surface area contributed by atoms with Crippen molar-refractivity contribution in [1.82, 2.24) is 0 Å². The molecule has 0 heterocycles. The summed E-state index contributed by atoms with van der Waals surface area (Å²) in [4.78, 5) is 0. The molecule has 0 radical (unpaired) electrons. The van der Waals surface area contributed by atoms with Crippen LogP contribution in [0.25, 0.3) is 0 Å². The fourth-order valence-electron chi connectivity index (χ4n) is 1.06. The Bertz CT molecular complexity index is 368. The molecule has 0 fully saturated rings. The molecule has 0 amide bonds. The van der Waals surface area contributed by atoms with Crippen molar-refractivity contribution >= 4 is 11.6 Å². The van der Waals surface area contributed by atoms with Gasteiger partial charge < -0.3 is 0 Å². The predicted octanol–water partition coefficient (Wildman–Crippen LogP) is 5.15. The van der Waals surface area contributed by atoms with Gasteiger partial charge in [-0.2, -0.15) is 36.4 Å². The standard InChI is InChI=1S/C6H5Cl.2C5H5.Zr/c7-6-4-2-1-3-5-6;2*1-2-4-5-3-1;/h1-5H;2*1-5H;/q;2*-1;+2. The van der Waals surface area contributed by atoms with E-state index in [1.165, 1.54) is 0 Å². The summed E-state index contributed by atoms with van der Waals surface area (Å²) in [5.74, 6) is 0. The van der Waals surface area contributed by atoms with E-state index in [-0.39, 0.29) is 26.2 Å². The maximum absolute atomic E-state index is 5.54. The summed E-state index contributed by atoms with van der Waals surface area (Å²) < 4.78 is 0. The monoisotopic (exact) mass is 332 g/mol. The van der Waals surface area contributed by atoms with E-state index in [1.54, 1.807) is 0 Å². The molecule has 2 heteroatoms. The normalized spacial score (nSPS) is 7.83. The predicted molar refractivity (Wildman–Crippen MR) is 75.5 cm³/mol. The molecule has 0 spiro atoms. The number of hydrogen-bond donors (Lipinski definition) is 0. The van der Waals surface area contributed by atoms with Crippen molar-refractivity contribution in [2.45, 2.75) is 0 Å². The van der Waals surface area contributed by atoms with Crippen molar-refractivity contribution in [3.8, 4) is 0 Å².